The van der Waals surface area contributed by atoms with Gasteiger partial charge in [0.15, 0.2) is 11.6 Å². The molecule has 158 valence electrons. The van der Waals surface area contributed by atoms with Crippen molar-refractivity contribution in [2.24, 2.45) is 13.0 Å². The van der Waals surface area contributed by atoms with Crippen molar-refractivity contribution < 1.29 is 14.2 Å². The van der Waals surface area contributed by atoms with E-state index in [9.17, 15) is 9.50 Å². The van der Waals surface area contributed by atoms with Gasteiger partial charge in [-0.1, -0.05) is 42.5 Å². The zero-order valence-electron chi connectivity index (χ0n) is 17.5. The number of aromatic nitrogens is 2. The number of hydrogen-bond donors (Lipinski definition) is 1. The van der Waals surface area contributed by atoms with Crippen LogP contribution in [0.1, 0.15) is 25.3 Å². The van der Waals surface area contributed by atoms with Crippen LogP contribution in [-0.4, -0.2) is 39.0 Å². The van der Waals surface area contributed by atoms with Gasteiger partial charge >= 0.3 is 0 Å². The average molecular weight is 410 g/mol. The Balaban J connectivity index is 1.73. The standard InChI is InChI=1S/C24H28FN3O2/c1-17(29)14-28(15-18-12-13-18)16-20-23(19-8-4-3-5-9-19)26-27(2)24(20)30-22-11-7-6-10-21(22)25/h3-11,17-18,29H,12-16H2,1-2H3/t17-/m1/s1. The molecule has 1 aromatic heterocycles. The highest BCUT2D eigenvalue weighted by Gasteiger charge is 2.28. The number of aliphatic hydroxyl groups is 1. The summed E-state index contributed by atoms with van der Waals surface area (Å²) in [4.78, 5) is 2.25. The molecule has 0 bridgehead atoms. The molecule has 4 rings (SSSR count). The van der Waals surface area contributed by atoms with Crippen LogP contribution in [0.4, 0.5) is 4.39 Å². The Morgan fingerprint density at radius 2 is 1.87 bits per heavy atom. The molecule has 30 heavy (non-hydrogen) atoms. The van der Waals surface area contributed by atoms with Crippen molar-refractivity contribution in [2.75, 3.05) is 13.1 Å². The second kappa shape index (κ2) is 8.98. The molecule has 1 aliphatic rings. The maximum Gasteiger partial charge on any atom is 0.222 e. The van der Waals surface area contributed by atoms with Crippen LogP contribution in [-0.2, 0) is 13.6 Å². The molecule has 2 aromatic carbocycles. The fraction of sp³-hybridized carbons (Fsp3) is 0.375. The number of para-hydroxylation sites is 1. The van der Waals surface area contributed by atoms with E-state index >= 15 is 0 Å². The maximum absolute atomic E-state index is 14.3. The van der Waals surface area contributed by atoms with Crippen LogP contribution in [0.5, 0.6) is 11.6 Å². The monoisotopic (exact) mass is 409 g/mol. The van der Waals surface area contributed by atoms with Crippen LogP contribution in [0, 0.1) is 11.7 Å². The van der Waals surface area contributed by atoms with Crippen LogP contribution in [0.3, 0.4) is 0 Å². The molecular weight excluding hydrogens is 381 g/mol. The summed E-state index contributed by atoms with van der Waals surface area (Å²) in [5.41, 5.74) is 2.69. The predicted molar refractivity (Wildman–Crippen MR) is 115 cm³/mol. The van der Waals surface area contributed by atoms with E-state index in [4.69, 9.17) is 9.84 Å². The zero-order chi connectivity index (χ0) is 21.1. The van der Waals surface area contributed by atoms with E-state index < -0.39 is 11.9 Å². The molecule has 0 unspecified atom stereocenters. The maximum atomic E-state index is 14.3. The number of aliphatic hydroxyl groups excluding tert-OH is 1. The number of aryl methyl sites for hydroxylation is 1. The van der Waals surface area contributed by atoms with Gasteiger partial charge in [-0.2, -0.15) is 5.10 Å². The third-order valence-electron chi connectivity index (χ3n) is 5.30. The SMILES string of the molecule is C[C@@H](O)CN(Cc1c(-c2ccccc2)nn(C)c1Oc1ccccc1F)CC1CC1. The first-order valence-electron chi connectivity index (χ1n) is 10.5. The first-order valence-corrected chi connectivity index (χ1v) is 10.5. The number of benzene rings is 2. The van der Waals surface area contributed by atoms with E-state index in [1.165, 1.54) is 18.9 Å². The summed E-state index contributed by atoms with van der Waals surface area (Å²) in [6, 6.07) is 16.3. The van der Waals surface area contributed by atoms with Crippen LogP contribution in [0.25, 0.3) is 11.3 Å². The predicted octanol–water partition coefficient (Wildman–Crippen LogP) is 4.61. The second-order valence-electron chi connectivity index (χ2n) is 8.14. The normalized spacial score (nSPS) is 14.8. The molecule has 1 fully saturated rings. The van der Waals surface area contributed by atoms with Gasteiger partial charge in [-0.05, 0) is 37.8 Å². The van der Waals surface area contributed by atoms with Crippen LogP contribution < -0.4 is 4.74 Å². The third kappa shape index (κ3) is 4.89. The molecule has 0 amide bonds. The fourth-order valence-corrected chi connectivity index (χ4v) is 3.75. The molecule has 5 nitrogen and oxygen atoms in total. The molecule has 0 radical (unpaired) electrons. The average Bonchev–Trinajstić information content (AvgIpc) is 3.49. The van der Waals surface area contributed by atoms with E-state index in [-0.39, 0.29) is 5.75 Å². The van der Waals surface area contributed by atoms with Crippen molar-refractivity contribution in [1.82, 2.24) is 14.7 Å². The minimum absolute atomic E-state index is 0.172. The summed E-state index contributed by atoms with van der Waals surface area (Å²) in [5, 5.41) is 14.7. The highest BCUT2D eigenvalue weighted by molar-refractivity contribution is 5.65. The summed E-state index contributed by atoms with van der Waals surface area (Å²) < 4.78 is 22.0. The minimum atomic E-state index is -0.434. The molecule has 1 atom stereocenters. The summed E-state index contributed by atoms with van der Waals surface area (Å²) in [7, 11) is 1.81. The van der Waals surface area contributed by atoms with Crippen molar-refractivity contribution in [3.63, 3.8) is 0 Å². The van der Waals surface area contributed by atoms with Gasteiger partial charge in [-0.3, -0.25) is 4.90 Å². The molecule has 0 spiro atoms. The number of halogens is 1. The van der Waals surface area contributed by atoms with Gasteiger partial charge in [-0.25, -0.2) is 9.07 Å². The smallest absolute Gasteiger partial charge is 0.222 e. The van der Waals surface area contributed by atoms with Crippen molar-refractivity contribution in [2.45, 2.75) is 32.4 Å². The lowest BCUT2D eigenvalue weighted by Gasteiger charge is -2.24. The largest absolute Gasteiger partial charge is 0.436 e. The van der Waals surface area contributed by atoms with Gasteiger partial charge in [-0.15, -0.1) is 0 Å². The van der Waals surface area contributed by atoms with Crippen molar-refractivity contribution in [1.29, 1.82) is 0 Å². The lowest BCUT2D eigenvalue weighted by molar-refractivity contribution is 0.119. The molecule has 3 aromatic rings. The Labute approximate surface area is 176 Å². The minimum Gasteiger partial charge on any atom is -0.436 e. The van der Waals surface area contributed by atoms with Crippen LogP contribution in [0.2, 0.25) is 0 Å². The molecule has 6 heteroatoms. The van der Waals surface area contributed by atoms with Gasteiger partial charge in [0, 0.05) is 32.2 Å². The van der Waals surface area contributed by atoms with Crippen LogP contribution in [0.15, 0.2) is 54.6 Å². The van der Waals surface area contributed by atoms with Crippen LogP contribution >= 0.6 is 0 Å². The fourth-order valence-electron chi connectivity index (χ4n) is 3.75. The first kappa shape index (κ1) is 20.6. The number of rotatable bonds is 9. The molecule has 1 heterocycles. The third-order valence-corrected chi connectivity index (χ3v) is 5.30. The molecule has 0 saturated heterocycles. The molecule has 1 saturated carbocycles. The van der Waals surface area contributed by atoms with E-state index in [1.807, 2.05) is 37.4 Å². The van der Waals surface area contributed by atoms with E-state index in [2.05, 4.69) is 4.90 Å². The topological polar surface area (TPSA) is 50.5 Å². The van der Waals surface area contributed by atoms with E-state index in [1.54, 1.807) is 29.8 Å². The van der Waals surface area contributed by atoms with Crippen molar-refractivity contribution >= 4 is 0 Å². The quantitative estimate of drug-likeness (QED) is 0.561. The summed E-state index contributed by atoms with van der Waals surface area (Å²) in [5.74, 6) is 0.956. The summed E-state index contributed by atoms with van der Waals surface area (Å²) in [6.45, 7) is 3.87. The van der Waals surface area contributed by atoms with Gasteiger partial charge in [0.1, 0.15) is 5.69 Å². The molecule has 0 aliphatic heterocycles. The van der Waals surface area contributed by atoms with E-state index in [0.29, 0.717) is 24.9 Å². The molecule has 1 aliphatic carbocycles. The van der Waals surface area contributed by atoms with Gasteiger partial charge in [0.2, 0.25) is 5.88 Å². The lowest BCUT2D eigenvalue weighted by Crippen LogP contribution is -2.32. The highest BCUT2D eigenvalue weighted by atomic mass is 19.1. The first-order chi connectivity index (χ1) is 14.5. The summed E-state index contributed by atoms with van der Waals surface area (Å²) >= 11 is 0. The van der Waals surface area contributed by atoms with Gasteiger partial charge in [0.25, 0.3) is 0 Å². The van der Waals surface area contributed by atoms with Gasteiger partial charge in [0.05, 0.1) is 11.7 Å². The Morgan fingerprint density at radius 3 is 2.53 bits per heavy atom. The van der Waals surface area contributed by atoms with E-state index in [0.717, 1.165) is 23.4 Å². The lowest BCUT2D eigenvalue weighted by atomic mass is 10.1. The Hall–Kier alpha value is -2.70. The Bertz CT molecular complexity index is 979. The Kier molecular flexibility index (Phi) is 6.16. The molecular formula is C24H28FN3O2. The van der Waals surface area contributed by atoms with Crippen molar-refractivity contribution in [3.8, 4) is 22.9 Å². The second-order valence-corrected chi connectivity index (χ2v) is 8.14. The van der Waals surface area contributed by atoms with Gasteiger partial charge < -0.3 is 9.84 Å². The highest BCUT2D eigenvalue weighted by Crippen LogP contribution is 2.36. The van der Waals surface area contributed by atoms with Crippen molar-refractivity contribution in [3.05, 3.63) is 66.0 Å². The summed E-state index contributed by atoms with van der Waals surface area (Å²) in [6.07, 6.45) is 2.03. The zero-order valence-corrected chi connectivity index (χ0v) is 17.5. The molecule has 1 N–H and O–H groups in total. The Morgan fingerprint density at radius 1 is 1.17 bits per heavy atom. The number of nitrogens with zero attached hydrogens (tertiary/aromatic N) is 3. The number of hydrogen-bond acceptors (Lipinski definition) is 4. The number of ether oxygens (including phenoxy) is 1.